The first-order valence-electron chi connectivity index (χ1n) is 5.57. The molecule has 1 amide bonds. The normalized spacial score (nSPS) is 18.4. The quantitative estimate of drug-likeness (QED) is 0.755. The minimum absolute atomic E-state index is 0.0118. The molecule has 0 spiro atoms. The van der Waals surface area contributed by atoms with Crippen molar-refractivity contribution in [3.8, 4) is 11.5 Å². The zero-order valence-corrected chi connectivity index (χ0v) is 10.4. The predicted octanol–water partition coefficient (Wildman–Crippen LogP) is 0.973. The zero-order valence-electron chi connectivity index (χ0n) is 10.4. The van der Waals surface area contributed by atoms with Gasteiger partial charge in [-0.25, -0.2) is 0 Å². The van der Waals surface area contributed by atoms with Crippen LogP contribution in [-0.4, -0.2) is 29.0 Å². The van der Waals surface area contributed by atoms with Crippen LogP contribution in [0.1, 0.15) is 18.5 Å². The third-order valence-corrected chi connectivity index (χ3v) is 2.95. The van der Waals surface area contributed by atoms with E-state index in [9.17, 15) is 19.8 Å². The van der Waals surface area contributed by atoms with Gasteiger partial charge in [-0.05, 0) is 24.6 Å². The summed E-state index contributed by atoms with van der Waals surface area (Å²) >= 11 is 0. The molecular weight excluding hydrogens is 250 g/mol. The molecule has 100 valence electrons. The van der Waals surface area contributed by atoms with E-state index in [4.69, 9.17) is 4.74 Å². The molecule has 1 aromatic carbocycles. The summed E-state index contributed by atoms with van der Waals surface area (Å²) in [4.78, 5) is 23.0. The van der Waals surface area contributed by atoms with E-state index in [-0.39, 0.29) is 17.1 Å². The Kier molecular flexibility index (Phi) is 3.16. The van der Waals surface area contributed by atoms with E-state index in [0.29, 0.717) is 5.56 Å². The fourth-order valence-electron chi connectivity index (χ4n) is 2.02. The van der Waals surface area contributed by atoms with Gasteiger partial charge in [0.1, 0.15) is 0 Å². The van der Waals surface area contributed by atoms with Gasteiger partial charge in [-0.1, -0.05) is 6.07 Å². The van der Waals surface area contributed by atoms with Crippen LogP contribution < -0.4 is 10.1 Å². The average Bonchev–Trinajstić information content (AvgIpc) is 2.66. The van der Waals surface area contributed by atoms with E-state index in [2.05, 4.69) is 5.32 Å². The number of rotatable bonds is 3. The molecule has 0 bridgehead atoms. The second kappa shape index (κ2) is 4.64. The Morgan fingerprint density at radius 3 is 2.63 bits per heavy atom. The third-order valence-electron chi connectivity index (χ3n) is 2.95. The molecule has 1 unspecified atom stereocenters. The van der Waals surface area contributed by atoms with Crippen LogP contribution in [0, 0.1) is 0 Å². The number of aliphatic hydroxyl groups is 1. The number of ketones is 1. The maximum Gasteiger partial charge on any atom is 0.287 e. The lowest BCUT2D eigenvalue weighted by molar-refractivity contribution is -0.119. The molecule has 0 saturated carbocycles. The first kappa shape index (κ1) is 12.9. The number of methoxy groups -OCH3 is 1. The Balaban J connectivity index is 2.48. The van der Waals surface area contributed by atoms with Crippen molar-refractivity contribution in [2.24, 2.45) is 0 Å². The lowest BCUT2D eigenvalue weighted by atomic mass is 9.97. The van der Waals surface area contributed by atoms with Gasteiger partial charge >= 0.3 is 0 Å². The van der Waals surface area contributed by atoms with Gasteiger partial charge in [0.25, 0.3) is 5.91 Å². The molecule has 0 aliphatic carbocycles. The Morgan fingerprint density at radius 1 is 1.37 bits per heavy atom. The number of carbonyl (C=O) groups is 2. The summed E-state index contributed by atoms with van der Waals surface area (Å²) in [7, 11) is 1.39. The first-order valence-corrected chi connectivity index (χ1v) is 5.57. The number of amides is 1. The summed E-state index contributed by atoms with van der Waals surface area (Å²) in [5.74, 6) is -1.48. The number of benzene rings is 1. The van der Waals surface area contributed by atoms with Gasteiger partial charge in [0.05, 0.1) is 18.7 Å². The minimum Gasteiger partial charge on any atom is -0.504 e. The topological polar surface area (TPSA) is 95.9 Å². The van der Waals surface area contributed by atoms with Crippen LogP contribution >= 0.6 is 0 Å². The number of aliphatic hydroxyl groups excluding tert-OH is 1. The average molecular weight is 263 g/mol. The monoisotopic (exact) mass is 263 g/mol. The maximum atomic E-state index is 11.5. The molecule has 0 aromatic heterocycles. The summed E-state index contributed by atoms with van der Waals surface area (Å²) in [5, 5.41) is 21.6. The first-order chi connectivity index (χ1) is 8.95. The fraction of sp³-hybridized carbons (Fsp3) is 0.231. The third kappa shape index (κ3) is 2.12. The van der Waals surface area contributed by atoms with E-state index in [1.807, 2.05) is 0 Å². The van der Waals surface area contributed by atoms with Gasteiger partial charge in [-0.2, -0.15) is 0 Å². The molecule has 0 saturated heterocycles. The van der Waals surface area contributed by atoms with Crippen molar-refractivity contribution in [2.75, 3.05) is 7.11 Å². The van der Waals surface area contributed by atoms with Crippen molar-refractivity contribution in [1.29, 1.82) is 0 Å². The number of hydrogen-bond donors (Lipinski definition) is 3. The van der Waals surface area contributed by atoms with Gasteiger partial charge in [0.2, 0.25) is 0 Å². The Bertz CT molecular complexity index is 591. The lowest BCUT2D eigenvalue weighted by Gasteiger charge is -2.15. The van der Waals surface area contributed by atoms with E-state index >= 15 is 0 Å². The Morgan fingerprint density at radius 2 is 2.05 bits per heavy atom. The van der Waals surface area contributed by atoms with Crippen LogP contribution in [0.4, 0.5) is 0 Å². The van der Waals surface area contributed by atoms with Crippen molar-refractivity contribution >= 4 is 11.7 Å². The number of carbonyl (C=O) groups excluding carboxylic acids is 2. The highest BCUT2D eigenvalue weighted by Crippen LogP contribution is 2.34. The van der Waals surface area contributed by atoms with Crippen LogP contribution in [0.25, 0.3) is 0 Å². The minimum atomic E-state index is -0.737. The number of phenols is 1. The molecule has 1 heterocycles. The van der Waals surface area contributed by atoms with E-state index < -0.39 is 23.5 Å². The molecule has 1 aliphatic rings. The number of phenolic OH excluding ortho intramolecular Hbond substituents is 1. The predicted molar refractivity (Wildman–Crippen MR) is 65.9 cm³/mol. The number of nitrogens with one attached hydrogen (secondary N) is 1. The Labute approximate surface area is 109 Å². The highest BCUT2D eigenvalue weighted by Gasteiger charge is 2.35. The van der Waals surface area contributed by atoms with Crippen molar-refractivity contribution in [3.05, 3.63) is 35.1 Å². The molecule has 19 heavy (non-hydrogen) atoms. The van der Waals surface area contributed by atoms with E-state index in [0.717, 1.165) is 0 Å². The number of aromatic hydroxyl groups is 1. The number of Topliss-reactive ketones (excluding diaryl/α,β-unsaturated/α-hetero) is 1. The summed E-state index contributed by atoms with van der Waals surface area (Å²) in [6, 6.07) is 3.71. The van der Waals surface area contributed by atoms with Gasteiger partial charge in [0.15, 0.2) is 23.0 Å². The largest absolute Gasteiger partial charge is 0.504 e. The summed E-state index contributed by atoms with van der Waals surface area (Å²) in [6.45, 7) is 1.27. The SMILES string of the molecule is COc1cc(C2NC(=O)C(O)=C2C(C)=O)ccc1O. The van der Waals surface area contributed by atoms with E-state index in [1.165, 1.54) is 26.2 Å². The summed E-state index contributed by atoms with van der Waals surface area (Å²) < 4.78 is 4.97. The van der Waals surface area contributed by atoms with Crippen LogP contribution in [0.5, 0.6) is 11.5 Å². The molecule has 1 aromatic rings. The van der Waals surface area contributed by atoms with E-state index in [1.54, 1.807) is 6.07 Å². The van der Waals surface area contributed by atoms with Crippen molar-refractivity contribution in [2.45, 2.75) is 13.0 Å². The van der Waals surface area contributed by atoms with Crippen molar-refractivity contribution in [3.63, 3.8) is 0 Å². The van der Waals surface area contributed by atoms with Crippen LogP contribution in [0.15, 0.2) is 29.5 Å². The molecule has 6 heteroatoms. The molecule has 0 fully saturated rings. The van der Waals surface area contributed by atoms with Crippen LogP contribution in [0.2, 0.25) is 0 Å². The summed E-state index contributed by atoms with van der Waals surface area (Å²) in [6.07, 6.45) is 0. The standard InChI is InChI=1S/C13H13NO5/c1-6(15)10-11(14-13(18)12(10)17)7-3-4-8(16)9(5-7)19-2/h3-5,11,16-17H,1-2H3,(H,14,18). The lowest BCUT2D eigenvalue weighted by Crippen LogP contribution is -2.23. The van der Waals surface area contributed by atoms with Gasteiger partial charge in [-0.15, -0.1) is 0 Å². The fourth-order valence-corrected chi connectivity index (χ4v) is 2.02. The zero-order chi connectivity index (χ0) is 14.2. The summed E-state index contributed by atoms with van der Waals surface area (Å²) in [5.41, 5.74) is 0.551. The second-order valence-corrected chi connectivity index (χ2v) is 4.16. The molecule has 2 rings (SSSR count). The van der Waals surface area contributed by atoms with Crippen molar-refractivity contribution < 1.29 is 24.5 Å². The molecule has 0 radical (unpaired) electrons. The van der Waals surface area contributed by atoms with Gasteiger partial charge in [-0.3, -0.25) is 9.59 Å². The molecule has 1 atom stereocenters. The smallest absolute Gasteiger partial charge is 0.287 e. The van der Waals surface area contributed by atoms with Crippen LogP contribution in [0.3, 0.4) is 0 Å². The van der Waals surface area contributed by atoms with Crippen LogP contribution in [-0.2, 0) is 9.59 Å². The molecule has 3 N–H and O–H groups in total. The molecular formula is C13H13NO5. The van der Waals surface area contributed by atoms with Gasteiger partial charge < -0.3 is 20.3 Å². The number of hydrogen-bond acceptors (Lipinski definition) is 5. The van der Waals surface area contributed by atoms with Crippen molar-refractivity contribution in [1.82, 2.24) is 5.32 Å². The molecule has 6 nitrogen and oxygen atoms in total. The maximum absolute atomic E-state index is 11.5. The Hall–Kier alpha value is -2.50. The second-order valence-electron chi connectivity index (χ2n) is 4.16. The highest BCUT2D eigenvalue weighted by atomic mass is 16.5. The number of ether oxygens (including phenoxy) is 1. The van der Waals surface area contributed by atoms with Gasteiger partial charge in [0, 0.05) is 0 Å². The molecule has 1 aliphatic heterocycles. The highest BCUT2D eigenvalue weighted by molar-refractivity contribution is 6.08.